The third-order valence-electron chi connectivity index (χ3n) is 3.70. The van der Waals surface area contributed by atoms with Crippen LogP contribution in [-0.2, 0) is 14.4 Å². The molecule has 0 spiro atoms. The third-order valence-corrected chi connectivity index (χ3v) is 4.26. The number of nitrogens with one attached hydrogen (secondary N) is 3. The lowest BCUT2D eigenvalue weighted by molar-refractivity contribution is -0.119. The number of halogens is 2. The summed E-state index contributed by atoms with van der Waals surface area (Å²) in [5.74, 6) is -1.28. The van der Waals surface area contributed by atoms with E-state index in [2.05, 4.69) is 31.2 Å². The Kier molecular flexibility index (Phi) is 6.13. The highest BCUT2D eigenvalue weighted by Crippen LogP contribution is 2.38. The van der Waals surface area contributed by atoms with Gasteiger partial charge in [-0.2, -0.15) is 0 Å². The Morgan fingerprint density at radius 3 is 2.59 bits per heavy atom. The molecule has 1 saturated heterocycles. The molecule has 3 rings (SSSR count). The summed E-state index contributed by atoms with van der Waals surface area (Å²) in [5, 5.41) is 21.1. The van der Waals surface area contributed by atoms with Gasteiger partial charge in [-0.3, -0.25) is 14.9 Å². The van der Waals surface area contributed by atoms with Crippen molar-refractivity contribution in [3.05, 3.63) is 45.3 Å². The van der Waals surface area contributed by atoms with Gasteiger partial charge in [0, 0.05) is 17.3 Å². The van der Waals surface area contributed by atoms with Crippen LogP contribution in [0.15, 0.2) is 45.5 Å². The molecule has 0 saturated carbocycles. The molecule has 1 unspecified atom stereocenters. The lowest BCUT2D eigenvalue weighted by Crippen LogP contribution is -2.43. The van der Waals surface area contributed by atoms with Crippen molar-refractivity contribution < 1.29 is 29.1 Å². The van der Waals surface area contributed by atoms with Gasteiger partial charge < -0.3 is 20.0 Å². The number of anilines is 1. The summed E-state index contributed by atoms with van der Waals surface area (Å²) in [6, 6.07) is 2.72. The van der Waals surface area contributed by atoms with Gasteiger partial charge in [0.2, 0.25) is 5.88 Å². The largest absolute Gasteiger partial charge is 0.434 e. The Morgan fingerprint density at radius 1 is 1.31 bits per heavy atom. The van der Waals surface area contributed by atoms with Crippen molar-refractivity contribution in [3.63, 3.8) is 0 Å². The molecular formula is C16H13Cl2N5O6. The van der Waals surface area contributed by atoms with Gasteiger partial charge >= 0.3 is 6.09 Å². The van der Waals surface area contributed by atoms with E-state index in [1.54, 1.807) is 6.92 Å². The van der Waals surface area contributed by atoms with Crippen molar-refractivity contribution in [1.29, 1.82) is 0 Å². The number of carbonyl (C=O) groups excluding carboxylic acids is 3. The molecule has 29 heavy (non-hydrogen) atoms. The molecule has 0 radical (unpaired) electrons. The van der Waals surface area contributed by atoms with Crippen molar-refractivity contribution in [3.8, 4) is 5.75 Å². The predicted molar refractivity (Wildman–Crippen MR) is 100.0 cm³/mol. The molecule has 1 atom stereocenters. The number of aliphatic hydroxyl groups is 1. The molecule has 2 heterocycles. The zero-order valence-corrected chi connectivity index (χ0v) is 16.2. The summed E-state index contributed by atoms with van der Waals surface area (Å²) >= 11 is 12.4. The van der Waals surface area contributed by atoms with Crippen LogP contribution in [0.1, 0.15) is 6.92 Å². The Balaban J connectivity index is 1.78. The number of amides is 3. The molecule has 13 heteroatoms. The molecular weight excluding hydrogens is 429 g/mol. The number of hydrogen-bond acceptors (Lipinski definition) is 8. The maximum absolute atomic E-state index is 12.1. The first-order valence-electron chi connectivity index (χ1n) is 7.97. The standard InChI is InChI=1S/C16H13Cl2N5O6/c1-6(5-24)8-4-11(21-22-14(8)25)28-12-9(17)2-7(3-10(12)18)19-15(26)13-20-16(27)29-23-13/h2-4,13,23-24H,5H2,1H3,(H,19,26)(H,20,27)/b8-6+. The van der Waals surface area contributed by atoms with E-state index < -0.39 is 24.1 Å². The van der Waals surface area contributed by atoms with Crippen LogP contribution in [0.2, 0.25) is 10.0 Å². The average molecular weight is 442 g/mol. The number of hydrogen-bond donors (Lipinski definition) is 4. The second-order valence-corrected chi connectivity index (χ2v) is 6.60. The fourth-order valence-corrected chi connectivity index (χ4v) is 2.82. The monoisotopic (exact) mass is 441 g/mol. The van der Waals surface area contributed by atoms with Crippen molar-refractivity contribution in [2.75, 3.05) is 11.9 Å². The summed E-state index contributed by atoms with van der Waals surface area (Å²) in [6.45, 7) is 1.23. The minimum atomic E-state index is -1.08. The van der Waals surface area contributed by atoms with Gasteiger partial charge in [-0.05, 0) is 24.6 Å². The van der Waals surface area contributed by atoms with Gasteiger partial charge in [0.15, 0.2) is 11.9 Å². The molecule has 2 aliphatic rings. The molecule has 3 amide bonds. The van der Waals surface area contributed by atoms with E-state index in [0.717, 1.165) is 0 Å². The zero-order chi connectivity index (χ0) is 21.1. The number of ether oxygens (including phenoxy) is 1. The number of hydroxylamine groups is 1. The summed E-state index contributed by atoms with van der Waals surface area (Å²) in [6.07, 6.45) is -0.568. The first-order chi connectivity index (χ1) is 13.8. The quantitative estimate of drug-likeness (QED) is 0.510. The van der Waals surface area contributed by atoms with Crippen LogP contribution in [0.3, 0.4) is 0 Å². The lowest BCUT2D eigenvalue weighted by Gasteiger charge is -2.14. The molecule has 0 bridgehead atoms. The average Bonchev–Trinajstić information content (AvgIpc) is 3.12. The summed E-state index contributed by atoms with van der Waals surface area (Å²) < 4.78 is 5.53. The van der Waals surface area contributed by atoms with E-state index in [9.17, 15) is 19.5 Å². The maximum Gasteiger partial charge on any atom is 0.427 e. The van der Waals surface area contributed by atoms with Gasteiger partial charge in [0.25, 0.3) is 11.8 Å². The van der Waals surface area contributed by atoms with Crippen molar-refractivity contribution in [2.24, 2.45) is 10.2 Å². The summed E-state index contributed by atoms with van der Waals surface area (Å²) in [5.41, 5.74) is 2.96. The molecule has 1 fully saturated rings. The molecule has 4 N–H and O–H groups in total. The van der Waals surface area contributed by atoms with E-state index in [-0.39, 0.29) is 39.5 Å². The van der Waals surface area contributed by atoms with Crippen LogP contribution in [0.4, 0.5) is 10.5 Å². The maximum atomic E-state index is 12.1. The summed E-state index contributed by atoms with van der Waals surface area (Å²) in [7, 11) is 0. The van der Waals surface area contributed by atoms with Gasteiger partial charge in [-0.25, -0.2) is 4.79 Å². The van der Waals surface area contributed by atoms with E-state index in [4.69, 9.17) is 27.9 Å². The van der Waals surface area contributed by atoms with Crippen LogP contribution < -0.4 is 20.9 Å². The van der Waals surface area contributed by atoms with Crippen molar-refractivity contribution in [1.82, 2.24) is 10.8 Å². The minimum absolute atomic E-state index is 0.0162. The molecule has 1 aromatic rings. The van der Waals surface area contributed by atoms with E-state index >= 15 is 0 Å². The first-order valence-corrected chi connectivity index (χ1v) is 8.73. The second-order valence-electron chi connectivity index (χ2n) is 5.78. The topological polar surface area (TPSA) is 151 Å². The highest BCUT2D eigenvalue weighted by atomic mass is 35.5. The van der Waals surface area contributed by atoms with Gasteiger partial charge in [0.05, 0.1) is 16.7 Å². The first kappa shape index (κ1) is 20.7. The second kappa shape index (κ2) is 8.57. The van der Waals surface area contributed by atoms with Gasteiger partial charge in [-0.1, -0.05) is 23.2 Å². The number of nitrogens with zero attached hydrogens (tertiary/aromatic N) is 2. The van der Waals surface area contributed by atoms with Crippen LogP contribution in [-0.4, -0.2) is 35.8 Å². The van der Waals surface area contributed by atoms with Crippen molar-refractivity contribution >= 4 is 46.8 Å². The minimum Gasteiger partial charge on any atom is -0.434 e. The Labute approximate surface area is 173 Å². The normalized spacial score (nSPS) is 20.0. The van der Waals surface area contributed by atoms with Crippen LogP contribution in [0, 0.1) is 0 Å². The highest BCUT2D eigenvalue weighted by Gasteiger charge is 2.29. The smallest absolute Gasteiger partial charge is 0.427 e. The van der Waals surface area contributed by atoms with E-state index in [1.807, 2.05) is 0 Å². The number of carbonyl (C=O) groups is 3. The van der Waals surface area contributed by atoms with Gasteiger partial charge in [-0.15, -0.1) is 15.7 Å². The van der Waals surface area contributed by atoms with Crippen molar-refractivity contribution in [2.45, 2.75) is 13.1 Å². The van der Waals surface area contributed by atoms with Crippen LogP contribution in [0.25, 0.3) is 0 Å². The van der Waals surface area contributed by atoms with E-state index in [0.29, 0.717) is 5.57 Å². The molecule has 152 valence electrons. The number of azo groups is 1. The fourth-order valence-electron chi connectivity index (χ4n) is 2.26. The fraction of sp³-hybridized carbons (Fsp3) is 0.188. The molecule has 11 nitrogen and oxygen atoms in total. The third kappa shape index (κ3) is 4.71. The number of rotatable bonds is 5. The zero-order valence-electron chi connectivity index (χ0n) is 14.7. The summed E-state index contributed by atoms with van der Waals surface area (Å²) in [4.78, 5) is 39.2. The van der Waals surface area contributed by atoms with Crippen LogP contribution in [0.5, 0.6) is 5.75 Å². The highest BCUT2D eigenvalue weighted by molar-refractivity contribution is 6.37. The SMILES string of the molecule is C/C(CO)=C1/C=C(Oc2c(Cl)cc(NC(=O)C3NOC(=O)N3)cc2Cl)N=NC1=O. The molecule has 2 aliphatic heterocycles. The van der Waals surface area contributed by atoms with E-state index in [1.165, 1.54) is 18.2 Å². The Bertz CT molecular complexity index is 967. The number of aliphatic hydroxyl groups excluding tert-OH is 1. The van der Waals surface area contributed by atoms with Gasteiger partial charge in [0.1, 0.15) is 0 Å². The number of benzene rings is 1. The predicted octanol–water partition coefficient (Wildman–Crippen LogP) is 2.02. The molecule has 0 aliphatic carbocycles. The Hall–Kier alpha value is -2.99. The van der Waals surface area contributed by atoms with Crippen LogP contribution >= 0.6 is 23.2 Å². The molecule has 1 aromatic carbocycles. The Morgan fingerprint density at radius 2 is 2.00 bits per heavy atom. The lowest BCUT2D eigenvalue weighted by atomic mass is 10.1. The molecule has 0 aromatic heterocycles.